The first-order valence-corrected chi connectivity index (χ1v) is 8.56. The van der Waals surface area contributed by atoms with Crippen LogP contribution in [-0.2, 0) is 16.1 Å². The van der Waals surface area contributed by atoms with Crippen LogP contribution >= 0.6 is 11.3 Å². The minimum atomic E-state index is -0.315. The highest BCUT2D eigenvalue weighted by Crippen LogP contribution is 2.17. The number of aromatic nitrogens is 1. The molecule has 1 aliphatic rings. The van der Waals surface area contributed by atoms with E-state index in [9.17, 15) is 4.39 Å². The summed E-state index contributed by atoms with van der Waals surface area (Å²) in [6, 6.07) is 4.91. The van der Waals surface area contributed by atoms with Gasteiger partial charge in [0.05, 0.1) is 25.5 Å². The van der Waals surface area contributed by atoms with Crippen LogP contribution in [-0.4, -0.2) is 30.5 Å². The molecule has 1 aromatic carbocycles. The summed E-state index contributed by atoms with van der Waals surface area (Å²) < 4.78 is 25.1. The third kappa shape index (κ3) is 4.73. The van der Waals surface area contributed by atoms with E-state index in [1.165, 1.54) is 23.6 Å². The molecule has 1 atom stereocenters. The third-order valence-electron chi connectivity index (χ3n) is 3.56. The molecule has 0 spiro atoms. The molecule has 2 aromatic rings. The standard InChI is InChI=1S/C16H19FN4O2S/c17-14-6-11(7-19-21-16-20-15(18)10-24-16)3-4-12(14)8-22-9-13-2-1-5-23-13/h3-4,6-7,10,13H,1-2,5,8-9,18H2,(H,20,21). The zero-order chi connectivity index (χ0) is 16.8. The zero-order valence-electron chi connectivity index (χ0n) is 13.1. The highest BCUT2D eigenvalue weighted by Gasteiger charge is 2.15. The van der Waals surface area contributed by atoms with Crippen molar-refractivity contribution in [2.75, 3.05) is 24.4 Å². The number of hydrazone groups is 1. The smallest absolute Gasteiger partial charge is 0.205 e. The topological polar surface area (TPSA) is 81.8 Å². The van der Waals surface area contributed by atoms with E-state index in [1.54, 1.807) is 17.5 Å². The van der Waals surface area contributed by atoms with Crippen LogP contribution < -0.4 is 11.2 Å². The number of thiazole rings is 1. The van der Waals surface area contributed by atoms with Crippen molar-refractivity contribution in [1.82, 2.24) is 4.98 Å². The molecule has 0 saturated carbocycles. The number of ether oxygens (including phenoxy) is 2. The Kier molecular flexibility index (Phi) is 5.73. The van der Waals surface area contributed by atoms with Gasteiger partial charge in [-0.1, -0.05) is 12.1 Å². The maximum atomic E-state index is 14.1. The molecule has 0 radical (unpaired) electrons. The summed E-state index contributed by atoms with van der Waals surface area (Å²) in [4.78, 5) is 4.01. The Morgan fingerprint density at radius 3 is 3.17 bits per heavy atom. The summed E-state index contributed by atoms with van der Waals surface area (Å²) in [5, 5.41) is 6.31. The molecule has 3 rings (SSSR count). The summed E-state index contributed by atoms with van der Waals surface area (Å²) in [5.74, 6) is 0.126. The van der Waals surface area contributed by atoms with Gasteiger partial charge < -0.3 is 15.2 Å². The van der Waals surface area contributed by atoms with Gasteiger partial charge >= 0.3 is 0 Å². The maximum Gasteiger partial charge on any atom is 0.205 e. The molecule has 1 fully saturated rings. The number of nitrogens with two attached hydrogens (primary N) is 1. The fourth-order valence-corrected chi connectivity index (χ4v) is 2.89. The number of nitrogens with zero attached hydrogens (tertiary/aromatic N) is 2. The van der Waals surface area contributed by atoms with Crippen LogP contribution in [0.4, 0.5) is 15.3 Å². The first-order chi connectivity index (χ1) is 11.7. The molecule has 2 heterocycles. The average molecular weight is 350 g/mol. The van der Waals surface area contributed by atoms with E-state index in [-0.39, 0.29) is 18.5 Å². The largest absolute Gasteiger partial charge is 0.383 e. The van der Waals surface area contributed by atoms with E-state index in [4.69, 9.17) is 15.2 Å². The van der Waals surface area contributed by atoms with Gasteiger partial charge in [-0.15, -0.1) is 11.3 Å². The lowest BCUT2D eigenvalue weighted by molar-refractivity contribution is 0.00982. The second-order valence-corrected chi connectivity index (χ2v) is 6.31. The van der Waals surface area contributed by atoms with E-state index in [2.05, 4.69) is 15.5 Å². The molecule has 1 saturated heterocycles. The fourth-order valence-electron chi connectivity index (χ4n) is 2.34. The van der Waals surface area contributed by atoms with E-state index in [0.717, 1.165) is 19.4 Å². The molecule has 1 aromatic heterocycles. The molecular formula is C16H19FN4O2S. The second kappa shape index (κ2) is 8.18. The second-order valence-electron chi connectivity index (χ2n) is 5.45. The van der Waals surface area contributed by atoms with Gasteiger partial charge in [-0.05, 0) is 24.5 Å². The van der Waals surface area contributed by atoms with Gasteiger partial charge in [0, 0.05) is 17.6 Å². The normalized spacial score (nSPS) is 17.6. The van der Waals surface area contributed by atoms with Crippen LogP contribution in [0.25, 0.3) is 0 Å². The lowest BCUT2D eigenvalue weighted by Gasteiger charge is -2.10. The number of halogens is 1. The van der Waals surface area contributed by atoms with Crippen molar-refractivity contribution in [3.63, 3.8) is 0 Å². The van der Waals surface area contributed by atoms with Crippen molar-refractivity contribution in [2.24, 2.45) is 5.10 Å². The van der Waals surface area contributed by atoms with Gasteiger partial charge in [-0.2, -0.15) is 5.10 Å². The Labute approximate surface area is 143 Å². The summed E-state index contributed by atoms with van der Waals surface area (Å²) in [7, 11) is 0. The predicted octanol–water partition coefficient (Wildman–Crippen LogP) is 3.01. The highest BCUT2D eigenvalue weighted by molar-refractivity contribution is 7.14. The van der Waals surface area contributed by atoms with Crippen molar-refractivity contribution in [2.45, 2.75) is 25.6 Å². The minimum Gasteiger partial charge on any atom is -0.383 e. The minimum absolute atomic E-state index is 0.144. The first-order valence-electron chi connectivity index (χ1n) is 7.68. The number of hydrogen-bond acceptors (Lipinski definition) is 7. The number of nitrogens with one attached hydrogen (secondary N) is 1. The molecule has 6 nitrogen and oxygen atoms in total. The monoisotopic (exact) mass is 350 g/mol. The molecular weight excluding hydrogens is 331 g/mol. The van der Waals surface area contributed by atoms with Gasteiger partial charge in [-0.25, -0.2) is 9.37 Å². The summed E-state index contributed by atoms with van der Waals surface area (Å²) in [6.45, 7) is 1.53. The summed E-state index contributed by atoms with van der Waals surface area (Å²) >= 11 is 1.35. The van der Waals surface area contributed by atoms with Gasteiger partial charge in [0.2, 0.25) is 5.13 Å². The number of hydrogen-bond donors (Lipinski definition) is 2. The van der Waals surface area contributed by atoms with Crippen LogP contribution in [0.15, 0.2) is 28.7 Å². The van der Waals surface area contributed by atoms with Crippen LogP contribution in [0.3, 0.4) is 0 Å². The van der Waals surface area contributed by atoms with E-state index in [0.29, 0.717) is 28.7 Å². The van der Waals surface area contributed by atoms with E-state index >= 15 is 0 Å². The van der Waals surface area contributed by atoms with Crippen molar-refractivity contribution < 1.29 is 13.9 Å². The van der Waals surface area contributed by atoms with Crippen molar-refractivity contribution in [3.05, 3.63) is 40.5 Å². The Morgan fingerprint density at radius 2 is 2.46 bits per heavy atom. The SMILES string of the molecule is Nc1csc(NN=Cc2ccc(COCC3CCCO3)c(F)c2)n1. The predicted molar refractivity (Wildman–Crippen MR) is 92.8 cm³/mol. The Hall–Kier alpha value is -2.03. The number of benzene rings is 1. The molecule has 0 amide bonds. The molecule has 1 aliphatic heterocycles. The van der Waals surface area contributed by atoms with Gasteiger partial charge in [0.25, 0.3) is 0 Å². The summed E-state index contributed by atoms with van der Waals surface area (Å²) in [6.07, 6.45) is 3.75. The molecule has 0 aliphatic carbocycles. The molecule has 3 N–H and O–H groups in total. The Morgan fingerprint density at radius 1 is 1.54 bits per heavy atom. The third-order valence-corrected chi connectivity index (χ3v) is 4.32. The van der Waals surface area contributed by atoms with Crippen LogP contribution in [0.1, 0.15) is 24.0 Å². The molecule has 8 heteroatoms. The fraction of sp³-hybridized carbons (Fsp3) is 0.375. The molecule has 1 unspecified atom stereocenters. The van der Waals surface area contributed by atoms with Gasteiger partial charge in [-0.3, -0.25) is 5.43 Å². The van der Waals surface area contributed by atoms with Crippen LogP contribution in [0.5, 0.6) is 0 Å². The quantitative estimate of drug-likeness (QED) is 0.592. The maximum absolute atomic E-state index is 14.1. The lowest BCUT2D eigenvalue weighted by atomic mass is 10.1. The van der Waals surface area contributed by atoms with Gasteiger partial charge in [0.15, 0.2) is 0 Å². The van der Waals surface area contributed by atoms with Crippen molar-refractivity contribution in [1.29, 1.82) is 0 Å². The van der Waals surface area contributed by atoms with Crippen LogP contribution in [0.2, 0.25) is 0 Å². The van der Waals surface area contributed by atoms with Gasteiger partial charge in [0.1, 0.15) is 11.6 Å². The summed E-state index contributed by atoms with van der Waals surface area (Å²) in [5.41, 5.74) is 9.43. The molecule has 24 heavy (non-hydrogen) atoms. The Bertz CT molecular complexity index is 701. The first kappa shape index (κ1) is 16.8. The number of nitrogen functional groups attached to an aromatic ring is 1. The van der Waals surface area contributed by atoms with E-state index in [1.807, 2.05) is 0 Å². The number of anilines is 2. The van der Waals surface area contributed by atoms with Crippen LogP contribution in [0, 0.1) is 5.82 Å². The molecule has 128 valence electrons. The van der Waals surface area contributed by atoms with Crippen molar-refractivity contribution in [3.8, 4) is 0 Å². The highest BCUT2D eigenvalue weighted by atomic mass is 32.1. The average Bonchev–Trinajstić information content (AvgIpc) is 3.21. The molecule has 0 bridgehead atoms. The van der Waals surface area contributed by atoms with E-state index < -0.39 is 0 Å². The lowest BCUT2D eigenvalue weighted by Crippen LogP contribution is -2.14. The Balaban J connectivity index is 1.49. The zero-order valence-corrected chi connectivity index (χ0v) is 13.9. The number of rotatable bonds is 7. The van der Waals surface area contributed by atoms with Crippen molar-refractivity contribution >= 4 is 28.5 Å².